The Hall–Kier alpha value is -7.42. The van der Waals surface area contributed by atoms with Crippen LogP contribution in [0.25, 0.3) is 72.0 Å². The van der Waals surface area contributed by atoms with Crippen LogP contribution in [-0.4, -0.2) is 4.57 Å². The normalized spacial score (nSPS) is 11.2. The predicted molar refractivity (Wildman–Crippen MR) is 237 cm³/mol. The molecule has 264 valence electrons. The smallest absolute Gasteiger partial charge is 0.0541 e. The first-order valence-electron chi connectivity index (χ1n) is 19.2. The van der Waals surface area contributed by atoms with Gasteiger partial charge >= 0.3 is 0 Å². The molecule has 0 saturated heterocycles. The Labute approximate surface area is 327 Å². The van der Waals surface area contributed by atoms with Crippen LogP contribution < -0.4 is 4.90 Å². The third-order valence-corrected chi connectivity index (χ3v) is 10.8. The van der Waals surface area contributed by atoms with Crippen LogP contribution in [0, 0.1) is 0 Å². The van der Waals surface area contributed by atoms with Crippen LogP contribution in [0.3, 0.4) is 0 Å². The third-order valence-electron chi connectivity index (χ3n) is 10.8. The number of rotatable bonds is 8. The van der Waals surface area contributed by atoms with Gasteiger partial charge in [0.05, 0.1) is 16.7 Å². The van der Waals surface area contributed by atoms with Crippen LogP contribution in [-0.2, 0) is 0 Å². The average molecular weight is 715 g/mol. The summed E-state index contributed by atoms with van der Waals surface area (Å²) in [7, 11) is 0. The van der Waals surface area contributed by atoms with Crippen molar-refractivity contribution >= 4 is 38.9 Å². The highest BCUT2D eigenvalue weighted by Gasteiger charge is 2.19. The maximum absolute atomic E-state index is 2.39. The van der Waals surface area contributed by atoms with Gasteiger partial charge in [0.1, 0.15) is 0 Å². The number of fused-ring (bicyclic) bond motifs is 3. The largest absolute Gasteiger partial charge is 0.310 e. The molecular weight excluding hydrogens is 677 g/mol. The van der Waals surface area contributed by atoms with Crippen molar-refractivity contribution in [3.8, 4) is 50.2 Å². The minimum Gasteiger partial charge on any atom is -0.310 e. The summed E-state index contributed by atoms with van der Waals surface area (Å²) in [5.41, 5.74) is 16.3. The van der Waals surface area contributed by atoms with Gasteiger partial charge in [-0.2, -0.15) is 0 Å². The standard InChI is InChI=1S/C54H38N2/c1-3-15-39(16-4-1)41-29-33-46(34-30-41)55(47-35-31-42(32-36-47)44-20-13-19-43(37-44)40-17-5-2-6-18-40)52-26-10-7-23-49(52)45-21-14-22-48(38-45)56-53-27-11-8-24-50(53)51-25-9-12-28-54(51)56/h1-38H. The summed E-state index contributed by atoms with van der Waals surface area (Å²) in [6, 6.07) is 83.0. The summed E-state index contributed by atoms with van der Waals surface area (Å²) in [5.74, 6) is 0. The topological polar surface area (TPSA) is 8.17 Å². The third kappa shape index (κ3) is 6.14. The molecule has 0 bridgehead atoms. The fourth-order valence-electron chi connectivity index (χ4n) is 8.10. The zero-order chi connectivity index (χ0) is 37.3. The van der Waals surface area contributed by atoms with Crippen molar-refractivity contribution in [2.75, 3.05) is 4.90 Å². The Bertz CT molecular complexity index is 2890. The van der Waals surface area contributed by atoms with Crippen molar-refractivity contribution in [2.24, 2.45) is 0 Å². The number of benzene rings is 9. The van der Waals surface area contributed by atoms with Crippen molar-refractivity contribution in [1.82, 2.24) is 4.57 Å². The summed E-state index contributed by atoms with van der Waals surface area (Å²) in [6.07, 6.45) is 0. The average Bonchev–Trinajstić information content (AvgIpc) is 3.62. The van der Waals surface area contributed by atoms with E-state index in [4.69, 9.17) is 0 Å². The van der Waals surface area contributed by atoms with E-state index in [1.54, 1.807) is 0 Å². The summed E-state index contributed by atoms with van der Waals surface area (Å²) in [5, 5.41) is 2.52. The Morgan fingerprint density at radius 1 is 0.286 bits per heavy atom. The molecule has 0 atom stereocenters. The summed E-state index contributed by atoms with van der Waals surface area (Å²) in [4.78, 5) is 2.39. The van der Waals surface area contributed by atoms with E-state index in [-0.39, 0.29) is 0 Å². The van der Waals surface area contributed by atoms with Gasteiger partial charge in [-0.1, -0.05) is 170 Å². The van der Waals surface area contributed by atoms with Crippen molar-refractivity contribution < 1.29 is 0 Å². The van der Waals surface area contributed by atoms with E-state index >= 15 is 0 Å². The van der Waals surface area contributed by atoms with E-state index in [2.05, 4.69) is 240 Å². The molecule has 0 fully saturated rings. The number of aromatic nitrogens is 1. The highest BCUT2D eigenvalue weighted by Crippen LogP contribution is 2.43. The first-order valence-corrected chi connectivity index (χ1v) is 19.2. The number of anilines is 3. The summed E-state index contributed by atoms with van der Waals surface area (Å²) >= 11 is 0. The number of hydrogen-bond donors (Lipinski definition) is 0. The Kier molecular flexibility index (Phi) is 8.55. The molecule has 2 heteroatoms. The minimum absolute atomic E-state index is 1.09. The van der Waals surface area contributed by atoms with Gasteiger partial charge in [-0.25, -0.2) is 0 Å². The molecule has 1 heterocycles. The van der Waals surface area contributed by atoms with Gasteiger partial charge in [-0.15, -0.1) is 0 Å². The van der Waals surface area contributed by atoms with Crippen LogP contribution in [0.15, 0.2) is 231 Å². The lowest BCUT2D eigenvalue weighted by Gasteiger charge is -2.28. The van der Waals surface area contributed by atoms with Crippen LogP contribution in [0.1, 0.15) is 0 Å². The first-order chi connectivity index (χ1) is 27.8. The van der Waals surface area contributed by atoms with Gasteiger partial charge in [0.15, 0.2) is 0 Å². The zero-order valence-corrected chi connectivity index (χ0v) is 30.8. The number of nitrogens with zero attached hydrogens (tertiary/aromatic N) is 2. The van der Waals surface area contributed by atoms with Crippen LogP contribution in [0.4, 0.5) is 17.1 Å². The van der Waals surface area contributed by atoms with E-state index in [0.717, 1.165) is 33.9 Å². The van der Waals surface area contributed by atoms with E-state index in [1.807, 2.05) is 0 Å². The van der Waals surface area contributed by atoms with Crippen molar-refractivity contribution in [2.45, 2.75) is 0 Å². The fraction of sp³-hybridized carbons (Fsp3) is 0. The Morgan fingerprint density at radius 3 is 1.32 bits per heavy atom. The van der Waals surface area contributed by atoms with Crippen LogP contribution >= 0.6 is 0 Å². The molecule has 0 radical (unpaired) electrons. The van der Waals surface area contributed by atoms with Crippen LogP contribution in [0.5, 0.6) is 0 Å². The second-order valence-electron chi connectivity index (χ2n) is 14.2. The second kappa shape index (κ2) is 14.4. The summed E-state index contributed by atoms with van der Waals surface area (Å²) in [6.45, 7) is 0. The maximum atomic E-state index is 2.39. The molecule has 0 unspecified atom stereocenters. The molecule has 9 aromatic carbocycles. The van der Waals surface area contributed by atoms with E-state index in [0.29, 0.717) is 0 Å². The van der Waals surface area contributed by atoms with Crippen molar-refractivity contribution in [3.63, 3.8) is 0 Å². The van der Waals surface area contributed by atoms with E-state index in [9.17, 15) is 0 Å². The lowest BCUT2D eigenvalue weighted by Crippen LogP contribution is -2.11. The van der Waals surface area contributed by atoms with Gasteiger partial charge in [0.2, 0.25) is 0 Å². The quantitative estimate of drug-likeness (QED) is 0.152. The van der Waals surface area contributed by atoms with Gasteiger partial charge in [0.25, 0.3) is 0 Å². The predicted octanol–water partition coefficient (Wildman–Crippen LogP) is 14.9. The molecule has 10 rings (SSSR count). The van der Waals surface area contributed by atoms with Crippen molar-refractivity contribution in [1.29, 1.82) is 0 Å². The molecule has 0 aliphatic rings. The molecule has 0 spiro atoms. The molecular formula is C54H38N2. The molecule has 0 saturated carbocycles. The molecule has 0 aliphatic heterocycles. The van der Waals surface area contributed by atoms with Gasteiger partial charge in [0, 0.05) is 33.4 Å². The molecule has 1 aromatic heterocycles. The lowest BCUT2D eigenvalue weighted by atomic mass is 9.98. The lowest BCUT2D eigenvalue weighted by molar-refractivity contribution is 1.18. The second-order valence-corrected chi connectivity index (χ2v) is 14.2. The number of para-hydroxylation sites is 3. The molecule has 0 amide bonds. The monoisotopic (exact) mass is 714 g/mol. The fourth-order valence-corrected chi connectivity index (χ4v) is 8.10. The molecule has 10 aromatic rings. The highest BCUT2D eigenvalue weighted by molar-refractivity contribution is 6.09. The molecule has 56 heavy (non-hydrogen) atoms. The van der Waals surface area contributed by atoms with Gasteiger partial charge < -0.3 is 9.47 Å². The van der Waals surface area contributed by atoms with Gasteiger partial charge in [-0.3, -0.25) is 0 Å². The van der Waals surface area contributed by atoms with Crippen molar-refractivity contribution in [3.05, 3.63) is 231 Å². The van der Waals surface area contributed by atoms with Gasteiger partial charge in [-0.05, 0) is 99.6 Å². The SMILES string of the molecule is c1ccc(-c2ccc(N(c3ccc(-c4cccc(-c5ccccc5)c4)cc3)c3ccccc3-c3cccc(-n4c5ccccc5c5ccccc54)c3)cc2)cc1. The maximum Gasteiger partial charge on any atom is 0.0541 e. The molecule has 2 nitrogen and oxygen atoms in total. The summed E-state index contributed by atoms with van der Waals surface area (Å²) < 4.78 is 2.39. The molecule has 0 N–H and O–H groups in total. The minimum atomic E-state index is 1.09. The Morgan fingerprint density at radius 2 is 0.714 bits per heavy atom. The van der Waals surface area contributed by atoms with E-state index < -0.39 is 0 Å². The highest BCUT2D eigenvalue weighted by atomic mass is 15.1. The molecule has 0 aliphatic carbocycles. The number of hydrogen-bond acceptors (Lipinski definition) is 1. The Balaban J connectivity index is 1.09. The zero-order valence-electron chi connectivity index (χ0n) is 30.8. The van der Waals surface area contributed by atoms with E-state index in [1.165, 1.54) is 55.2 Å². The van der Waals surface area contributed by atoms with Crippen LogP contribution in [0.2, 0.25) is 0 Å². The first kappa shape index (κ1) is 33.2.